The third-order valence-corrected chi connectivity index (χ3v) is 5.83. The van der Waals surface area contributed by atoms with Crippen LogP contribution in [0.25, 0.3) is 0 Å². The highest BCUT2D eigenvalue weighted by atomic mass is 35.5. The Hall–Kier alpha value is -3.57. The third-order valence-electron chi connectivity index (χ3n) is 4.56. The lowest BCUT2D eigenvalue weighted by molar-refractivity contribution is -0.113. The van der Waals surface area contributed by atoms with E-state index in [2.05, 4.69) is 15.5 Å². The molecule has 0 aliphatic heterocycles. The van der Waals surface area contributed by atoms with Crippen LogP contribution < -0.4 is 10.1 Å². The van der Waals surface area contributed by atoms with Crippen molar-refractivity contribution in [1.82, 2.24) is 14.8 Å². The summed E-state index contributed by atoms with van der Waals surface area (Å²) in [7, 11) is 4.22. The van der Waals surface area contributed by atoms with Crippen LogP contribution in [0.4, 0.5) is 5.69 Å². The lowest BCUT2D eigenvalue weighted by Gasteiger charge is -2.11. The number of thioether (sulfide) groups is 1. The van der Waals surface area contributed by atoms with Crippen LogP contribution in [0.2, 0.25) is 5.02 Å². The van der Waals surface area contributed by atoms with Gasteiger partial charge < -0.3 is 24.1 Å². The van der Waals surface area contributed by atoms with Crippen molar-refractivity contribution in [3.63, 3.8) is 0 Å². The van der Waals surface area contributed by atoms with Gasteiger partial charge >= 0.3 is 11.9 Å². The Labute approximate surface area is 204 Å². The molecule has 34 heavy (non-hydrogen) atoms. The van der Waals surface area contributed by atoms with Gasteiger partial charge in [-0.25, -0.2) is 9.59 Å². The predicted octanol–water partition coefficient (Wildman–Crippen LogP) is 3.35. The zero-order valence-corrected chi connectivity index (χ0v) is 20.1. The Balaban J connectivity index is 1.63. The number of benzene rings is 2. The minimum absolute atomic E-state index is 0.0208. The summed E-state index contributed by atoms with van der Waals surface area (Å²) in [6.07, 6.45) is 0. The zero-order valence-electron chi connectivity index (χ0n) is 18.5. The van der Waals surface area contributed by atoms with E-state index in [-0.39, 0.29) is 29.2 Å². The van der Waals surface area contributed by atoms with Crippen LogP contribution >= 0.6 is 23.4 Å². The molecule has 3 rings (SSSR count). The molecule has 178 valence electrons. The summed E-state index contributed by atoms with van der Waals surface area (Å²) in [5, 5.41) is 11.9. The summed E-state index contributed by atoms with van der Waals surface area (Å²) >= 11 is 7.02. The molecule has 0 radical (unpaired) electrons. The Bertz CT molecular complexity index is 1200. The van der Waals surface area contributed by atoms with E-state index in [1.807, 2.05) is 0 Å². The normalized spacial score (nSPS) is 10.5. The number of amides is 1. The van der Waals surface area contributed by atoms with Gasteiger partial charge in [-0.1, -0.05) is 23.4 Å². The van der Waals surface area contributed by atoms with Crippen LogP contribution in [-0.2, 0) is 27.9 Å². The highest BCUT2D eigenvalue weighted by Crippen LogP contribution is 2.22. The monoisotopic (exact) mass is 504 g/mol. The SMILES string of the molecule is COC(=O)c1ccc(C(=O)OC)c(NC(=O)CSc2nnc(COc3ccc(Cl)cc3)n2C)c1. The second-order valence-electron chi connectivity index (χ2n) is 6.78. The van der Waals surface area contributed by atoms with Crippen LogP contribution in [0.1, 0.15) is 26.5 Å². The minimum atomic E-state index is -0.655. The van der Waals surface area contributed by atoms with Gasteiger partial charge in [0, 0.05) is 12.1 Å². The molecule has 1 aromatic heterocycles. The number of anilines is 1. The number of ether oxygens (including phenoxy) is 3. The first-order valence-electron chi connectivity index (χ1n) is 9.82. The molecule has 0 fully saturated rings. The van der Waals surface area contributed by atoms with Gasteiger partial charge in [0.25, 0.3) is 0 Å². The highest BCUT2D eigenvalue weighted by molar-refractivity contribution is 7.99. The zero-order chi connectivity index (χ0) is 24.7. The van der Waals surface area contributed by atoms with Crippen LogP contribution in [0, 0.1) is 0 Å². The van der Waals surface area contributed by atoms with Crippen molar-refractivity contribution >= 4 is 46.9 Å². The van der Waals surface area contributed by atoms with Crippen molar-refractivity contribution in [3.05, 3.63) is 64.4 Å². The lowest BCUT2D eigenvalue weighted by Crippen LogP contribution is -2.18. The van der Waals surface area contributed by atoms with Crippen molar-refractivity contribution in [2.45, 2.75) is 11.8 Å². The van der Waals surface area contributed by atoms with Crippen molar-refractivity contribution in [3.8, 4) is 5.75 Å². The standard InChI is InChI=1S/C22H21ClN4O6S/c1-27-18(11-33-15-7-5-14(23)6-8-15)25-26-22(27)34-12-19(28)24-17-10-13(20(29)31-2)4-9-16(17)21(30)32-3/h4-10H,11-12H2,1-3H3,(H,24,28). The fourth-order valence-electron chi connectivity index (χ4n) is 2.77. The van der Waals surface area contributed by atoms with Crippen molar-refractivity contribution in [2.24, 2.45) is 7.05 Å². The number of methoxy groups -OCH3 is 2. The summed E-state index contributed by atoms with van der Waals surface area (Å²) in [6.45, 7) is 0.181. The van der Waals surface area contributed by atoms with E-state index in [1.54, 1.807) is 35.9 Å². The molecule has 0 atom stereocenters. The minimum Gasteiger partial charge on any atom is -0.486 e. The first-order chi connectivity index (χ1) is 16.3. The Kier molecular flexibility index (Phi) is 8.50. The predicted molar refractivity (Wildman–Crippen MR) is 125 cm³/mol. The van der Waals surface area contributed by atoms with Crippen LogP contribution in [-0.4, -0.2) is 52.6 Å². The first-order valence-corrected chi connectivity index (χ1v) is 11.2. The van der Waals surface area contributed by atoms with E-state index in [1.165, 1.54) is 32.4 Å². The average Bonchev–Trinajstić information content (AvgIpc) is 3.20. The van der Waals surface area contributed by atoms with Crippen LogP contribution in [0.3, 0.4) is 0 Å². The maximum absolute atomic E-state index is 12.6. The highest BCUT2D eigenvalue weighted by Gasteiger charge is 2.18. The summed E-state index contributed by atoms with van der Waals surface area (Å²) in [5.74, 6) is -0.494. The van der Waals surface area contributed by atoms with Crippen molar-refractivity contribution in [2.75, 3.05) is 25.3 Å². The van der Waals surface area contributed by atoms with Gasteiger partial charge in [-0.15, -0.1) is 10.2 Å². The van der Waals surface area contributed by atoms with E-state index < -0.39 is 17.8 Å². The maximum atomic E-state index is 12.6. The number of esters is 2. The van der Waals surface area contributed by atoms with E-state index in [4.69, 9.17) is 25.8 Å². The summed E-state index contributed by atoms with van der Waals surface area (Å²) in [4.78, 5) is 36.4. The molecule has 0 saturated heterocycles. The number of rotatable bonds is 9. The van der Waals surface area contributed by atoms with E-state index >= 15 is 0 Å². The van der Waals surface area contributed by atoms with Crippen molar-refractivity contribution in [1.29, 1.82) is 0 Å². The Morgan fingerprint density at radius 2 is 1.74 bits per heavy atom. The number of hydrogen-bond donors (Lipinski definition) is 1. The Morgan fingerprint density at radius 3 is 2.41 bits per heavy atom. The molecule has 2 aromatic carbocycles. The molecule has 10 nitrogen and oxygen atoms in total. The molecule has 3 aromatic rings. The van der Waals surface area contributed by atoms with Gasteiger partial charge in [0.05, 0.1) is 36.8 Å². The second-order valence-corrected chi connectivity index (χ2v) is 8.16. The molecule has 0 spiro atoms. The maximum Gasteiger partial charge on any atom is 0.339 e. The fraction of sp³-hybridized carbons (Fsp3) is 0.227. The van der Waals surface area contributed by atoms with Crippen molar-refractivity contribution < 1.29 is 28.6 Å². The molecule has 12 heteroatoms. The van der Waals surface area contributed by atoms with Gasteiger partial charge in [0.1, 0.15) is 12.4 Å². The number of hydrogen-bond acceptors (Lipinski definition) is 9. The van der Waals surface area contributed by atoms with Gasteiger partial charge in [-0.2, -0.15) is 0 Å². The van der Waals surface area contributed by atoms with Crippen LogP contribution in [0.15, 0.2) is 47.6 Å². The number of aromatic nitrogens is 3. The third kappa shape index (κ3) is 6.27. The van der Waals surface area contributed by atoms with Crippen LogP contribution in [0.5, 0.6) is 5.75 Å². The average molecular weight is 505 g/mol. The van der Waals surface area contributed by atoms with Gasteiger partial charge in [-0.3, -0.25) is 4.79 Å². The Morgan fingerprint density at radius 1 is 1.03 bits per heavy atom. The van der Waals surface area contributed by atoms with Gasteiger partial charge in [0.15, 0.2) is 11.0 Å². The smallest absolute Gasteiger partial charge is 0.339 e. The number of halogens is 1. The largest absolute Gasteiger partial charge is 0.486 e. The summed E-state index contributed by atoms with van der Waals surface area (Å²) in [5.41, 5.74) is 0.418. The number of carbonyl (C=O) groups excluding carboxylic acids is 3. The molecule has 1 amide bonds. The molecule has 0 aliphatic carbocycles. The molecule has 0 bridgehead atoms. The molecular formula is C22H21ClN4O6S. The summed E-state index contributed by atoms with van der Waals surface area (Å²) < 4.78 is 16.8. The second kappa shape index (κ2) is 11.5. The lowest BCUT2D eigenvalue weighted by atomic mass is 10.1. The summed E-state index contributed by atoms with van der Waals surface area (Å²) in [6, 6.07) is 11.1. The van der Waals surface area contributed by atoms with Gasteiger partial charge in [-0.05, 0) is 42.5 Å². The van der Waals surface area contributed by atoms with E-state index in [0.29, 0.717) is 21.8 Å². The molecule has 0 unspecified atom stereocenters. The molecule has 0 aliphatic rings. The van der Waals surface area contributed by atoms with E-state index in [0.717, 1.165) is 11.8 Å². The fourth-order valence-corrected chi connectivity index (χ4v) is 3.63. The number of carbonyl (C=O) groups is 3. The topological polar surface area (TPSA) is 122 Å². The number of nitrogens with zero attached hydrogens (tertiary/aromatic N) is 3. The molecule has 1 heterocycles. The van der Waals surface area contributed by atoms with Gasteiger partial charge in [0.2, 0.25) is 5.91 Å². The number of nitrogens with one attached hydrogen (secondary N) is 1. The van der Waals surface area contributed by atoms with E-state index in [9.17, 15) is 14.4 Å². The molecule has 0 saturated carbocycles. The quantitative estimate of drug-likeness (QED) is 0.345. The first kappa shape index (κ1) is 25.1. The molecule has 1 N–H and O–H groups in total. The molecular weight excluding hydrogens is 484 g/mol.